The first kappa shape index (κ1) is 13.3. The van der Waals surface area contributed by atoms with Crippen molar-refractivity contribution in [1.29, 1.82) is 0 Å². The van der Waals surface area contributed by atoms with E-state index in [0.29, 0.717) is 17.1 Å². The first-order valence-corrected chi connectivity index (χ1v) is 6.08. The van der Waals surface area contributed by atoms with E-state index in [0.717, 1.165) is 5.56 Å². The molecular weight excluding hydrogens is 262 g/mol. The van der Waals surface area contributed by atoms with Gasteiger partial charge in [-0.2, -0.15) is 0 Å². The van der Waals surface area contributed by atoms with Crippen LogP contribution >= 0.6 is 12.2 Å². The van der Waals surface area contributed by atoms with Crippen molar-refractivity contribution in [3.05, 3.63) is 53.9 Å². The van der Waals surface area contributed by atoms with Gasteiger partial charge in [0.25, 0.3) is 0 Å². The molecule has 0 aliphatic heterocycles. The molecule has 0 aliphatic rings. The van der Waals surface area contributed by atoms with Gasteiger partial charge in [0, 0.05) is 11.1 Å². The van der Waals surface area contributed by atoms with Gasteiger partial charge < -0.3 is 14.4 Å². The van der Waals surface area contributed by atoms with Crippen LogP contribution in [0.3, 0.4) is 0 Å². The van der Waals surface area contributed by atoms with E-state index < -0.39 is 5.97 Å². The smallest absolute Gasteiger partial charge is 0.354 e. The van der Waals surface area contributed by atoms with Crippen LogP contribution in [0.5, 0.6) is 5.75 Å². The van der Waals surface area contributed by atoms with E-state index in [4.69, 9.17) is 17.0 Å². The van der Waals surface area contributed by atoms with Crippen LogP contribution in [-0.4, -0.2) is 27.6 Å². The molecule has 5 heteroatoms. The highest BCUT2D eigenvalue weighted by Gasteiger charge is 2.12. The van der Waals surface area contributed by atoms with Gasteiger partial charge >= 0.3 is 5.97 Å². The van der Waals surface area contributed by atoms with Gasteiger partial charge in [0.2, 0.25) is 0 Å². The Morgan fingerprint density at radius 2 is 2.00 bits per heavy atom. The highest BCUT2D eigenvalue weighted by Crippen LogP contribution is 2.13. The minimum absolute atomic E-state index is 0.197. The summed E-state index contributed by atoms with van der Waals surface area (Å²) in [4.78, 5) is 12.2. The fourth-order valence-electron chi connectivity index (χ4n) is 1.74. The lowest BCUT2D eigenvalue weighted by Gasteiger charge is -2.09. The third-order valence-electron chi connectivity index (χ3n) is 2.73. The number of phenols is 1. The second-order valence-electron chi connectivity index (χ2n) is 3.98. The fourth-order valence-corrected chi connectivity index (χ4v) is 2.01. The van der Waals surface area contributed by atoms with E-state index in [1.54, 1.807) is 47.2 Å². The zero-order chi connectivity index (χ0) is 13.8. The molecule has 0 aliphatic carbocycles. The lowest BCUT2D eigenvalue weighted by Crippen LogP contribution is -2.15. The van der Waals surface area contributed by atoms with Gasteiger partial charge in [-0.15, -0.1) is 0 Å². The molecule has 1 aromatic carbocycles. The summed E-state index contributed by atoms with van der Waals surface area (Å²) in [5, 5.41) is 9.23. The quantitative estimate of drug-likeness (QED) is 0.529. The van der Waals surface area contributed by atoms with Crippen LogP contribution < -0.4 is 0 Å². The van der Waals surface area contributed by atoms with Gasteiger partial charge in [0.1, 0.15) is 11.4 Å². The van der Waals surface area contributed by atoms with E-state index in [1.165, 1.54) is 7.11 Å². The van der Waals surface area contributed by atoms with Crippen LogP contribution in [0.2, 0.25) is 0 Å². The van der Waals surface area contributed by atoms with Crippen LogP contribution in [0.15, 0.2) is 42.6 Å². The molecule has 19 heavy (non-hydrogen) atoms. The summed E-state index contributed by atoms with van der Waals surface area (Å²) >= 11 is 5.34. The van der Waals surface area contributed by atoms with Crippen LogP contribution in [0.25, 0.3) is 0 Å². The van der Waals surface area contributed by atoms with Crippen molar-refractivity contribution in [3.8, 4) is 5.75 Å². The molecule has 2 rings (SSSR count). The van der Waals surface area contributed by atoms with Crippen molar-refractivity contribution in [2.45, 2.75) is 6.54 Å². The Balaban J connectivity index is 2.17. The predicted octanol–water partition coefficient (Wildman–Crippen LogP) is 2.40. The van der Waals surface area contributed by atoms with E-state index in [9.17, 15) is 9.90 Å². The van der Waals surface area contributed by atoms with Gasteiger partial charge in [-0.3, -0.25) is 0 Å². The number of phenolic OH excluding ortho intramolecular Hbond substituents is 1. The number of esters is 1. The molecule has 2 aromatic rings. The van der Waals surface area contributed by atoms with E-state index in [-0.39, 0.29) is 5.75 Å². The number of nitrogens with zero attached hydrogens (tertiary/aromatic N) is 1. The third kappa shape index (κ3) is 3.00. The van der Waals surface area contributed by atoms with Crippen LogP contribution in [-0.2, 0) is 11.3 Å². The first-order valence-electron chi connectivity index (χ1n) is 5.67. The summed E-state index contributed by atoms with van der Waals surface area (Å²) in [6.45, 7) is 0.414. The summed E-state index contributed by atoms with van der Waals surface area (Å²) in [6.07, 6.45) is 1.78. The number of carbonyl (C=O) groups excluding carboxylic acids is 1. The van der Waals surface area contributed by atoms with Crippen molar-refractivity contribution in [1.82, 2.24) is 4.57 Å². The molecule has 1 N–H and O–H groups in total. The summed E-state index contributed by atoms with van der Waals surface area (Å²) in [6, 6.07) is 10.1. The summed E-state index contributed by atoms with van der Waals surface area (Å²) in [5.41, 5.74) is 1.31. The molecule has 0 amide bonds. The van der Waals surface area contributed by atoms with Gasteiger partial charge in [0.15, 0.2) is 0 Å². The molecule has 1 heterocycles. The van der Waals surface area contributed by atoms with E-state index in [1.807, 2.05) is 0 Å². The molecular formula is C14H13NO3S. The van der Waals surface area contributed by atoms with Gasteiger partial charge in [-0.05, 0) is 29.8 Å². The SMILES string of the molecule is COC(=O)c1cccn1CC(=S)c1ccc(O)cc1. The number of hydrogen-bond acceptors (Lipinski definition) is 4. The Bertz CT molecular complexity index is 601. The van der Waals surface area contributed by atoms with Gasteiger partial charge in [0.05, 0.1) is 13.7 Å². The number of aromatic hydroxyl groups is 1. The topological polar surface area (TPSA) is 51.5 Å². The molecule has 0 radical (unpaired) electrons. The second-order valence-corrected chi connectivity index (χ2v) is 4.48. The van der Waals surface area contributed by atoms with E-state index >= 15 is 0 Å². The van der Waals surface area contributed by atoms with Crippen molar-refractivity contribution >= 4 is 23.1 Å². The number of hydrogen-bond donors (Lipinski definition) is 1. The maximum atomic E-state index is 11.5. The number of benzene rings is 1. The molecule has 4 nitrogen and oxygen atoms in total. The second kappa shape index (κ2) is 5.67. The number of carbonyl (C=O) groups is 1. The lowest BCUT2D eigenvalue weighted by molar-refractivity contribution is 0.0589. The van der Waals surface area contributed by atoms with Crippen molar-refractivity contribution < 1.29 is 14.6 Å². The number of aromatic nitrogens is 1. The first-order chi connectivity index (χ1) is 9.11. The maximum Gasteiger partial charge on any atom is 0.354 e. The van der Waals surface area contributed by atoms with Gasteiger partial charge in [-0.1, -0.05) is 24.4 Å². The number of methoxy groups -OCH3 is 1. The standard InChI is InChI=1S/C14H13NO3S/c1-18-14(17)12-3-2-8-15(12)9-13(19)10-4-6-11(16)7-5-10/h2-8,16H,9H2,1H3. The zero-order valence-corrected chi connectivity index (χ0v) is 11.2. The average Bonchev–Trinajstić information content (AvgIpc) is 2.86. The highest BCUT2D eigenvalue weighted by molar-refractivity contribution is 7.80. The largest absolute Gasteiger partial charge is 0.508 e. The minimum atomic E-state index is -0.390. The van der Waals surface area contributed by atoms with Crippen LogP contribution in [0.4, 0.5) is 0 Å². The Labute approximate surface area is 116 Å². The predicted molar refractivity (Wildman–Crippen MR) is 75.6 cm³/mol. The van der Waals surface area contributed by atoms with Gasteiger partial charge in [-0.25, -0.2) is 4.79 Å². The maximum absolute atomic E-state index is 11.5. The average molecular weight is 275 g/mol. The van der Waals surface area contributed by atoms with Crippen LogP contribution in [0.1, 0.15) is 16.1 Å². The summed E-state index contributed by atoms with van der Waals surface area (Å²) in [5.74, 6) is -0.193. The molecule has 0 bridgehead atoms. The Morgan fingerprint density at radius 3 is 2.63 bits per heavy atom. The van der Waals surface area contributed by atoms with E-state index in [2.05, 4.69) is 0 Å². The van der Waals surface area contributed by atoms with Crippen LogP contribution in [0, 0.1) is 0 Å². The lowest BCUT2D eigenvalue weighted by atomic mass is 10.1. The van der Waals surface area contributed by atoms with Crippen molar-refractivity contribution in [3.63, 3.8) is 0 Å². The molecule has 0 spiro atoms. The van der Waals surface area contributed by atoms with Crippen molar-refractivity contribution in [2.75, 3.05) is 7.11 Å². The minimum Gasteiger partial charge on any atom is -0.508 e. The Morgan fingerprint density at radius 1 is 1.32 bits per heavy atom. The molecule has 1 aromatic heterocycles. The molecule has 0 fully saturated rings. The molecule has 0 atom stereocenters. The fraction of sp³-hybridized carbons (Fsp3) is 0.143. The Hall–Kier alpha value is -2.14. The van der Waals surface area contributed by atoms with Crippen molar-refractivity contribution in [2.24, 2.45) is 0 Å². The summed E-state index contributed by atoms with van der Waals surface area (Å²) < 4.78 is 6.44. The monoisotopic (exact) mass is 275 g/mol. The number of rotatable bonds is 4. The normalized spacial score (nSPS) is 10.2. The highest BCUT2D eigenvalue weighted by atomic mass is 32.1. The summed E-state index contributed by atoms with van der Waals surface area (Å²) in [7, 11) is 1.35. The molecule has 0 unspecified atom stereocenters. The molecule has 0 saturated carbocycles. The number of thiocarbonyl (C=S) groups is 1. The third-order valence-corrected chi connectivity index (χ3v) is 3.09. The number of ether oxygens (including phenoxy) is 1. The molecule has 0 saturated heterocycles. The Kier molecular flexibility index (Phi) is 3.97. The zero-order valence-electron chi connectivity index (χ0n) is 10.4. The molecule has 98 valence electrons.